The maximum Gasteiger partial charge on any atom is 0.306 e. The van der Waals surface area contributed by atoms with Crippen molar-refractivity contribution in [2.24, 2.45) is 0 Å². The number of carboxylic acid groups (broad SMARTS) is 1. The topological polar surface area (TPSA) is 185 Å². The van der Waals surface area contributed by atoms with Crippen molar-refractivity contribution in [3.8, 4) is 0 Å². The molecule has 1 unspecified atom stereocenters. The standard InChI is InChI=1S/C19H33N3O9/c1-14(23)21(30)10-6-3-5-9-20-18(28)19(29,13-17(26)27)12-16(25)8-4-7-11-22(31)15(2)24/h29-31H,3-13H2,1-2H3,(H,20,28)(H,26,27). The van der Waals surface area contributed by atoms with E-state index in [4.69, 9.17) is 5.11 Å². The van der Waals surface area contributed by atoms with Crippen LogP contribution in [0.1, 0.15) is 65.2 Å². The quantitative estimate of drug-likeness (QED) is 0.124. The lowest BCUT2D eigenvalue weighted by Crippen LogP contribution is -2.49. The minimum absolute atomic E-state index is 0.0307. The van der Waals surface area contributed by atoms with Crippen LogP contribution in [0.2, 0.25) is 0 Å². The Kier molecular flexibility index (Phi) is 13.2. The fourth-order valence-corrected chi connectivity index (χ4v) is 2.72. The van der Waals surface area contributed by atoms with Crippen molar-refractivity contribution in [1.82, 2.24) is 15.4 Å². The fraction of sp³-hybridized carbons (Fsp3) is 0.737. The van der Waals surface area contributed by atoms with Crippen LogP contribution >= 0.6 is 0 Å². The van der Waals surface area contributed by atoms with Gasteiger partial charge in [0, 0.05) is 46.3 Å². The van der Waals surface area contributed by atoms with E-state index in [0.29, 0.717) is 35.8 Å². The Labute approximate surface area is 180 Å². The predicted octanol–water partition coefficient (Wildman–Crippen LogP) is 0.0836. The predicted molar refractivity (Wildman–Crippen MR) is 106 cm³/mol. The molecule has 12 heteroatoms. The summed E-state index contributed by atoms with van der Waals surface area (Å²) in [7, 11) is 0. The number of nitrogens with zero attached hydrogens (tertiary/aromatic N) is 2. The van der Waals surface area contributed by atoms with Gasteiger partial charge in [-0.05, 0) is 32.1 Å². The van der Waals surface area contributed by atoms with Crippen LogP contribution in [0.15, 0.2) is 0 Å². The molecular formula is C19H33N3O9. The number of ketones is 1. The number of amides is 3. The zero-order valence-electron chi connectivity index (χ0n) is 18.0. The van der Waals surface area contributed by atoms with Gasteiger partial charge in [0.2, 0.25) is 11.8 Å². The number of hydrogen-bond acceptors (Lipinski definition) is 8. The molecule has 0 aromatic rings. The molecule has 178 valence electrons. The summed E-state index contributed by atoms with van der Waals surface area (Å²) < 4.78 is 0. The van der Waals surface area contributed by atoms with Crippen LogP contribution in [0.3, 0.4) is 0 Å². The Morgan fingerprint density at radius 2 is 1.32 bits per heavy atom. The Morgan fingerprint density at radius 1 is 0.806 bits per heavy atom. The molecule has 0 radical (unpaired) electrons. The number of carboxylic acids is 1. The van der Waals surface area contributed by atoms with Crippen molar-refractivity contribution < 1.29 is 44.6 Å². The molecule has 0 saturated heterocycles. The van der Waals surface area contributed by atoms with E-state index in [1.54, 1.807) is 0 Å². The minimum atomic E-state index is -2.39. The molecule has 0 aliphatic rings. The van der Waals surface area contributed by atoms with Crippen LogP contribution in [0.4, 0.5) is 0 Å². The number of Topliss-reactive ketones (excluding diaryl/α,β-unsaturated/α-hetero) is 1. The molecule has 12 nitrogen and oxygen atoms in total. The summed E-state index contributed by atoms with van der Waals surface area (Å²) in [6, 6.07) is 0. The molecule has 0 aromatic heterocycles. The van der Waals surface area contributed by atoms with Crippen molar-refractivity contribution in [2.75, 3.05) is 19.6 Å². The number of aliphatic hydroxyl groups is 1. The molecule has 31 heavy (non-hydrogen) atoms. The number of carbonyl (C=O) groups excluding carboxylic acids is 4. The molecule has 1 atom stereocenters. The van der Waals surface area contributed by atoms with Gasteiger partial charge in [0.25, 0.3) is 5.91 Å². The van der Waals surface area contributed by atoms with Crippen molar-refractivity contribution in [3.63, 3.8) is 0 Å². The van der Waals surface area contributed by atoms with E-state index >= 15 is 0 Å². The molecule has 0 heterocycles. The van der Waals surface area contributed by atoms with E-state index in [9.17, 15) is 39.5 Å². The molecule has 0 rings (SSSR count). The van der Waals surface area contributed by atoms with Crippen LogP contribution in [0.25, 0.3) is 0 Å². The molecule has 0 aliphatic heterocycles. The largest absolute Gasteiger partial charge is 0.481 e. The van der Waals surface area contributed by atoms with Gasteiger partial charge in [0.15, 0.2) is 5.60 Å². The van der Waals surface area contributed by atoms with Gasteiger partial charge in [0.1, 0.15) is 5.78 Å². The van der Waals surface area contributed by atoms with Crippen LogP contribution in [0.5, 0.6) is 0 Å². The van der Waals surface area contributed by atoms with Crippen molar-refractivity contribution in [1.29, 1.82) is 0 Å². The molecule has 0 spiro atoms. The highest BCUT2D eigenvalue weighted by Gasteiger charge is 2.40. The van der Waals surface area contributed by atoms with Gasteiger partial charge in [-0.15, -0.1) is 0 Å². The van der Waals surface area contributed by atoms with E-state index in [1.807, 2.05) is 0 Å². The van der Waals surface area contributed by atoms with Gasteiger partial charge in [-0.25, -0.2) is 10.1 Å². The average molecular weight is 447 g/mol. The van der Waals surface area contributed by atoms with Crippen molar-refractivity contribution in [3.05, 3.63) is 0 Å². The maximum absolute atomic E-state index is 12.3. The molecule has 0 aliphatic carbocycles. The number of rotatable bonds is 16. The zero-order valence-corrected chi connectivity index (χ0v) is 18.0. The van der Waals surface area contributed by atoms with E-state index in [2.05, 4.69) is 5.32 Å². The smallest absolute Gasteiger partial charge is 0.306 e. The van der Waals surface area contributed by atoms with E-state index in [1.165, 1.54) is 13.8 Å². The summed E-state index contributed by atoms with van der Waals surface area (Å²) in [5, 5.41) is 41.5. The fourth-order valence-electron chi connectivity index (χ4n) is 2.72. The second-order valence-corrected chi connectivity index (χ2v) is 7.38. The summed E-state index contributed by atoms with van der Waals surface area (Å²) >= 11 is 0. The summed E-state index contributed by atoms with van der Waals surface area (Å²) in [4.78, 5) is 57.3. The third kappa shape index (κ3) is 12.7. The molecule has 0 saturated carbocycles. The Balaban J connectivity index is 4.47. The molecular weight excluding hydrogens is 414 g/mol. The molecule has 3 amide bonds. The number of hydroxylamine groups is 4. The maximum atomic E-state index is 12.3. The first-order valence-electron chi connectivity index (χ1n) is 10.1. The first kappa shape index (κ1) is 28.4. The van der Waals surface area contributed by atoms with E-state index < -0.39 is 47.9 Å². The SMILES string of the molecule is CC(=O)N(O)CCCCCNC(=O)C(O)(CC(=O)O)CC(=O)CCCCN(O)C(C)=O. The first-order chi connectivity index (χ1) is 14.4. The number of aliphatic carboxylic acids is 1. The van der Waals surface area contributed by atoms with E-state index in [-0.39, 0.29) is 32.5 Å². The van der Waals surface area contributed by atoms with Gasteiger partial charge in [-0.3, -0.25) is 34.4 Å². The van der Waals surface area contributed by atoms with Crippen LogP contribution < -0.4 is 5.32 Å². The highest BCUT2D eigenvalue weighted by atomic mass is 16.5. The third-order valence-electron chi connectivity index (χ3n) is 4.49. The van der Waals surface area contributed by atoms with Crippen LogP contribution in [-0.4, -0.2) is 85.5 Å². The van der Waals surface area contributed by atoms with Gasteiger partial charge in [0.05, 0.1) is 6.42 Å². The Morgan fingerprint density at radius 3 is 1.81 bits per heavy atom. The molecule has 0 aromatic carbocycles. The second-order valence-electron chi connectivity index (χ2n) is 7.38. The van der Waals surface area contributed by atoms with Gasteiger partial charge in [-0.1, -0.05) is 0 Å². The van der Waals surface area contributed by atoms with Gasteiger partial charge < -0.3 is 15.5 Å². The zero-order chi connectivity index (χ0) is 24.0. The molecule has 0 bridgehead atoms. The van der Waals surface area contributed by atoms with E-state index in [0.717, 1.165) is 0 Å². The number of hydrogen-bond donors (Lipinski definition) is 5. The summed E-state index contributed by atoms with van der Waals surface area (Å²) in [5.74, 6) is -3.93. The lowest BCUT2D eigenvalue weighted by atomic mass is 9.90. The van der Waals surface area contributed by atoms with Crippen LogP contribution in [-0.2, 0) is 24.0 Å². The number of carbonyl (C=O) groups is 5. The molecule has 5 N–H and O–H groups in total. The van der Waals surface area contributed by atoms with Crippen molar-refractivity contribution >= 4 is 29.5 Å². The first-order valence-corrected chi connectivity index (χ1v) is 10.1. The highest BCUT2D eigenvalue weighted by molar-refractivity contribution is 5.94. The lowest BCUT2D eigenvalue weighted by molar-refractivity contribution is -0.163. The summed E-state index contributed by atoms with van der Waals surface area (Å²) in [5.41, 5.74) is -2.39. The number of unbranched alkanes of at least 4 members (excludes halogenated alkanes) is 3. The number of nitrogens with one attached hydrogen (secondary N) is 1. The average Bonchev–Trinajstić information content (AvgIpc) is 2.66. The monoisotopic (exact) mass is 447 g/mol. The third-order valence-corrected chi connectivity index (χ3v) is 4.49. The highest BCUT2D eigenvalue weighted by Crippen LogP contribution is 2.19. The molecule has 0 fully saturated rings. The Bertz CT molecular complexity index is 641. The Hall–Kier alpha value is -2.57. The normalized spacial score (nSPS) is 12.5. The second kappa shape index (κ2) is 14.4. The summed E-state index contributed by atoms with van der Waals surface area (Å²) in [6.07, 6.45) is 0.464. The van der Waals surface area contributed by atoms with Crippen LogP contribution in [0, 0.1) is 0 Å². The van der Waals surface area contributed by atoms with Gasteiger partial charge >= 0.3 is 5.97 Å². The van der Waals surface area contributed by atoms with Crippen molar-refractivity contribution in [2.45, 2.75) is 70.8 Å². The lowest BCUT2D eigenvalue weighted by Gasteiger charge is -2.25. The summed E-state index contributed by atoms with van der Waals surface area (Å²) in [6.45, 7) is 2.70. The van der Waals surface area contributed by atoms with Gasteiger partial charge in [-0.2, -0.15) is 0 Å². The minimum Gasteiger partial charge on any atom is -0.481 e.